The molecular weight excluding hydrogens is 582 g/mol. The lowest BCUT2D eigenvalue weighted by Crippen LogP contribution is -2.48. The number of nitrogens with zero attached hydrogens (tertiary/aromatic N) is 2. The number of hydrogen-bond donors (Lipinski definition) is 2. The number of aromatic hydroxyl groups is 1. The number of pyridine rings is 1. The van der Waals surface area contributed by atoms with Crippen LogP contribution in [0.25, 0.3) is 0 Å². The monoisotopic (exact) mass is 603 g/mol. The molecule has 5 rings (SSSR count). The number of methoxy groups -OCH3 is 1. The summed E-state index contributed by atoms with van der Waals surface area (Å²) < 4.78 is 45.1. The number of carbonyl (C=O) groups excluding carboxylic acids is 2. The SMILES string of the molecule is C=CC1=CC[C@H]2C(=O)N(Nc3ncc(C(F)(F)F)cc3Cl)C(=O)[C@@]2(c2ccc(Cl)cc2)[C@H]1c1ccc(O)cc1OC. The highest BCUT2D eigenvalue weighted by atomic mass is 35.5. The van der Waals surface area contributed by atoms with Crippen molar-refractivity contribution in [3.8, 4) is 11.5 Å². The molecular formula is C29H22Cl2F3N3O4. The van der Waals surface area contributed by atoms with Gasteiger partial charge in [-0.25, -0.2) is 4.98 Å². The maximum atomic E-state index is 14.6. The second-order valence-corrected chi connectivity index (χ2v) is 10.4. The van der Waals surface area contributed by atoms with E-state index in [2.05, 4.69) is 17.0 Å². The highest BCUT2D eigenvalue weighted by Gasteiger charge is 2.66. The lowest BCUT2D eigenvalue weighted by molar-refractivity contribution is -0.139. The molecule has 0 unspecified atom stereocenters. The molecule has 0 saturated carbocycles. The Morgan fingerprint density at radius 3 is 2.49 bits per heavy atom. The number of hydrazine groups is 1. The van der Waals surface area contributed by atoms with Crippen LogP contribution < -0.4 is 10.2 Å². The molecule has 0 bridgehead atoms. The second kappa shape index (κ2) is 10.4. The van der Waals surface area contributed by atoms with E-state index in [0.717, 1.165) is 5.01 Å². The quantitative estimate of drug-likeness (QED) is 0.306. The smallest absolute Gasteiger partial charge is 0.417 e. The van der Waals surface area contributed by atoms with Crippen LogP contribution in [0, 0.1) is 5.92 Å². The van der Waals surface area contributed by atoms with Crippen molar-refractivity contribution < 1.29 is 32.6 Å². The fourth-order valence-electron chi connectivity index (χ4n) is 5.70. The van der Waals surface area contributed by atoms with Gasteiger partial charge in [0.2, 0.25) is 0 Å². The largest absolute Gasteiger partial charge is 0.508 e. The molecule has 0 spiro atoms. The fourth-order valence-corrected chi connectivity index (χ4v) is 6.03. The maximum absolute atomic E-state index is 14.6. The van der Waals surface area contributed by atoms with E-state index in [1.165, 1.54) is 19.2 Å². The van der Waals surface area contributed by atoms with Crippen LogP contribution in [0.2, 0.25) is 10.0 Å². The maximum Gasteiger partial charge on any atom is 0.417 e. The third kappa shape index (κ3) is 4.61. The van der Waals surface area contributed by atoms with Gasteiger partial charge in [0.05, 0.1) is 29.0 Å². The van der Waals surface area contributed by atoms with Gasteiger partial charge in [-0.05, 0) is 41.8 Å². The number of amides is 2. The molecule has 2 heterocycles. The topological polar surface area (TPSA) is 91.8 Å². The zero-order valence-corrected chi connectivity index (χ0v) is 22.9. The summed E-state index contributed by atoms with van der Waals surface area (Å²) in [7, 11) is 1.42. The minimum absolute atomic E-state index is 0.0669. The van der Waals surface area contributed by atoms with Gasteiger partial charge in [0.1, 0.15) is 11.5 Å². The number of aromatic nitrogens is 1. The lowest BCUT2D eigenvalue weighted by Gasteiger charge is -2.43. The van der Waals surface area contributed by atoms with Crippen molar-refractivity contribution in [3.05, 3.63) is 106 Å². The number of hydrogen-bond acceptors (Lipinski definition) is 6. The highest BCUT2D eigenvalue weighted by Crippen LogP contribution is 2.59. The molecule has 1 fully saturated rings. The summed E-state index contributed by atoms with van der Waals surface area (Å²) in [6.45, 7) is 3.93. The van der Waals surface area contributed by atoms with Crippen molar-refractivity contribution in [2.24, 2.45) is 5.92 Å². The standard InChI is InChI=1S/C29H22Cl2F3N3O4/c1-3-15-4-11-21-26(39)37(36-25-22(31)12-17(14-35-25)29(32,33)34)27(40)28(21,16-5-7-18(30)8-6-16)24(15)20-10-9-19(38)13-23(20)41-2/h3-10,12-14,21,24,38H,1,11H2,2H3,(H,35,36)/t21-,24+,28+/m0/s1. The van der Waals surface area contributed by atoms with Gasteiger partial charge in [-0.1, -0.05) is 60.1 Å². The number of halogens is 5. The Hall–Kier alpha value is -4.02. The van der Waals surface area contributed by atoms with Crippen LogP contribution in [0.4, 0.5) is 19.0 Å². The van der Waals surface area contributed by atoms with E-state index in [9.17, 15) is 27.9 Å². The molecule has 3 atom stereocenters. The van der Waals surface area contributed by atoms with Gasteiger partial charge in [0.15, 0.2) is 5.82 Å². The summed E-state index contributed by atoms with van der Waals surface area (Å²) in [6, 6.07) is 11.6. The summed E-state index contributed by atoms with van der Waals surface area (Å²) in [5, 5.41) is 10.9. The summed E-state index contributed by atoms with van der Waals surface area (Å²) in [5.74, 6) is -3.20. The van der Waals surface area contributed by atoms with Gasteiger partial charge < -0.3 is 9.84 Å². The van der Waals surface area contributed by atoms with Crippen LogP contribution in [-0.4, -0.2) is 34.0 Å². The van der Waals surface area contributed by atoms with Gasteiger partial charge in [-0.3, -0.25) is 15.0 Å². The van der Waals surface area contributed by atoms with Crippen molar-refractivity contribution in [2.45, 2.75) is 23.9 Å². The minimum Gasteiger partial charge on any atom is -0.508 e. The molecule has 7 nitrogen and oxygen atoms in total. The van der Waals surface area contributed by atoms with Gasteiger partial charge in [0.25, 0.3) is 11.8 Å². The average molecular weight is 604 g/mol. The van der Waals surface area contributed by atoms with Gasteiger partial charge in [0, 0.05) is 28.8 Å². The number of phenolic OH excluding ortho intramolecular Hbond substituents is 1. The van der Waals surface area contributed by atoms with E-state index >= 15 is 0 Å². The van der Waals surface area contributed by atoms with Crippen LogP contribution in [0.5, 0.6) is 11.5 Å². The van der Waals surface area contributed by atoms with Crippen LogP contribution in [0.3, 0.4) is 0 Å². The van der Waals surface area contributed by atoms with Crippen LogP contribution >= 0.6 is 23.2 Å². The second-order valence-electron chi connectivity index (χ2n) is 9.57. The van der Waals surface area contributed by atoms with Crippen molar-refractivity contribution >= 4 is 40.8 Å². The summed E-state index contributed by atoms with van der Waals surface area (Å²) >= 11 is 12.3. The lowest BCUT2D eigenvalue weighted by atomic mass is 9.56. The number of phenols is 1. The van der Waals surface area contributed by atoms with E-state index in [4.69, 9.17) is 27.9 Å². The first-order valence-corrected chi connectivity index (χ1v) is 13.0. The van der Waals surface area contributed by atoms with Crippen LogP contribution in [-0.2, 0) is 21.2 Å². The number of carbonyl (C=O) groups is 2. The Kier molecular flexibility index (Phi) is 7.25. The number of fused-ring (bicyclic) bond motifs is 1. The summed E-state index contributed by atoms with van der Waals surface area (Å²) in [4.78, 5) is 32.3. The number of rotatable bonds is 6. The third-order valence-corrected chi connectivity index (χ3v) is 8.01. The van der Waals surface area contributed by atoms with Gasteiger partial charge >= 0.3 is 6.18 Å². The first kappa shape index (κ1) is 28.5. The van der Waals surface area contributed by atoms with E-state index < -0.39 is 45.8 Å². The van der Waals surface area contributed by atoms with Gasteiger partial charge in [-0.15, -0.1) is 0 Å². The molecule has 12 heteroatoms. The van der Waals surface area contributed by atoms with Crippen LogP contribution in [0.1, 0.15) is 29.0 Å². The molecule has 1 aliphatic carbocycles. The van der Waals surface area contributed by atoms with Crippen molar-refractivity contribution in [1.82, 2.24) is 9.99 Å². The minimum atomic E-state index is -4.69. The molecule has 1 aromatic heterocycles. The molecule has 1 saturated heterocycles. The molecule has 2 aromatic carbocycles. The molecule has 2 amide bonds. The highest BCUT2D eigenvalue weighted by molar-refractivity contribution is 6.33. The molecule has 1 aliphatic heterocycles. The Morgan fingerprint density at radius 1 is 1.17 bits per heavy atom. The normalized spacial score (nSPS) is 22.3. The zero-order chi connectivity index (χ0) is 29.7. The molecule has 3 aromatic rings. The Balaban J connectivity index is 1.71. The fraction of sp³-hybridized carbons (Fsp3) is 0.207. The van der Waals surface area contributed by atoms with Crippen molar-refractivity contribution in [3.63, 3.8) is 0 Å². The van der Waals surface area contributed by atoms with E-state index in [-0.39, 0.29) is 23.7 Å². The summed E-state index contributed by atoms with van der Waals surface area (Å²) in [5.41, 5.74) is 1.51. The van der Waals surface area contributed by atoms with Crippen LogP contribution in [0.15, 0.2) is 79.0 Å². The number of imide groups is 1. The van der Waals surface area contributed by atoms with E-state index in [0.29, 0.717) is 34.0 Å². The first-order valence-electron chi connectivity index (χ1n) is 12.3. The molecule has 41 heavy (non-hydrogen) atoms. The van der Waals surface area contributed by atoms with E-state index in [1.54, 1.807) is 42.5 Å². The van der Waals surface area contributed by atoms with Gasteiger partial charge in [-0.2, -0.15) is 18.2 Å². The number of nitrogens with one attached hydrogen (secondary N) is 1. The Bertz CT molecular complexity index is 1590. The third-order valence-electron chi connectivity index (χ3n) is 7.47. The van der Waals surface area contributed by atoms with E-state index in [1.807, 2.05) is 0 Å². The number of anilines is 1. The molecule has 2 aliphatic rings. The predicted octanol–water partition coefficient (Wildman–Crippen LogP) is 6.67. The molecule has 0 radical (unpaired) electrons. The number of allylic oxidation sites excluding steroid dienone is 3. The first-order chi connectivity index (χ1) is 19.4. The number of benzene rings is 2. The Morgan fingerprint density at radius 2 is 1.88 bits per heavy atom. The molecule has 212 valence electrons. The van der Waals surface area contributed by atoms with Crippen molar-refractivity contribution in [1.29, 1.82) is 0 Å². The number of ether oxygens (including phenoxy) is 1. The Labute approximate surface area is 242 Å². The molecule has 2 N–H and O–H groups in total. The summed E-state index contributed by atoms with van der Waals surface area (Å²) in [6.07, 6.45) is -0.584. The zero-order valence-electron chi connectivity index (χ0n) is 21.4. The average Bonchev–Trinajstić information content (AvgIpc) is 3.15. The van der Waals surface area contributed by atoms with Crippen molar-refractivity contribution in [2.75, 3.05) is 12.5 Å². The predicted molar refractivity (Wildman–Crippen MR) is 147 cm³/mol. The number of alkyl halides is 3.